The first-order valence-corrected chi connectivity index (χ1v) is 4.68. The van der Waals surface area contributed by atoms with E-state index >= 15 is 0 Å². The van der Waals surface area contributed by atoms with Crippen molar-refractivity contribution in [3.8, 4) is 0 Å². The normalized spacial score (nSPS) is 11.5. The molecule has 6 heteroatoms. The van der Waals surface area contributed by atoms with Gasteiger partial charge in [0.15, 0.2) is 5.65 Å². The third-order valence-electron chi connectivity index (χ3n) is 2.19. The summed E-state index contributed by atoms with van der Waals surface area (Å²) in [5.41, 5.74) is 6.43. The van der Waals surface area contributed by atoms with Gasteiger partial charge < -0.3 is 5.73 Å². The van der Waals surface area contributed by atoms with Gasteiger partial charge >= 0.3 is 0 Å². The molecule has 0 aliphatic carbocycles. The fraction of sp³-hybridized carbons (Fsp3) is 0.444. The molecule has 0 radical (unpaired) electrons. The molecule has 5 nitrogen and oxygen atoms in total. The molecule has 0 bridgehead atoms. The Labute approximate surface area is 86.1 Å². The van der Waals surface area contributed by atoms with Crippen molar-refractivity contribution in [2.75, 3.05) is 5.73 Å². The van der Waals surface area contributed by atoms with Crippen molar-refractivity contribution >= 4 is 17.0 Å². The van der Waals surface area contributed by atoms with E-state index in [2.05, 4.69) is 15.1 Å². The zero-order valence-electron chi connectivity index (χ0n) is 8.82. The Morgan fingerprint density at radius 1 is 1.33 bits per heavy atom. The lowest BCUT2D eigenvalue weighted by Crippen LogP contribution is -2.06. The number of nitrogens with two attached hydrogens (primary N) is 1. The predicted molar refractivity (Wildman–Crippen MR) is 54.8 cm³/mol. The molecular weight excluding hydrogens is 197 g/mol. The summed E-state index contributed by atoms with van der Waals surface area (Å²) in [7, 11) is 0. The summed E-state index contributed by atoms with van der Waals surface area (Å²) in [6.07, 6.45) is 0. The zero-order valence-corrected chi connectivity index (χ0v) is 8.82. The first-order valence-electron chi connectivity index (χ1n) is 4.68. The molecule has 0 saturated carbocycles. The third-order valence-corrected chi connectivity index (χ3v) is 2.19. The minimum absolute atomic E-state index is 0.0678. The summed E-state index contributed by atoms with van der Waals surface area (Å²) >= 11 is 0. The van der Waals surface area contributed by atoms with Gasteiger partial charge in [0.05, 0.1) is 11.1 Å². The van der Waals surface area contributed by atoms with E-state index in [-0.39, 0.29) is 12.0 Å². The van der Waals surface area contributed by atoms with Crippen LogP contribution in [0.4, 0.5) is 10.3 Å². The molecule has 2 N–H and O–H groups in total. The molecule has 0 spiro atoms. The second-order valence-electron chi connectivity index (χ2n) is 3.69. The van der Waals surface area contributed by atoms with Gasteiger partial charge in [0.2, 0.25) is 11.9 Å². The Balaban J connectivity index is 2.87. The molecule has 80 valence electrons. The lowest BCUT2D eigenvalue weighted by molar-refractivity contribution is 0.542. The average molecular weight is 209 g/mol. The lowest BCUT2D eigenvalue weighted by atomic mass is 10.3. The zero-order chi connectivity index (χ0) is 11.2. The van der Waals surface area contributed by atoms with Crippen LogP contribution in [-0.2, 0) is 0 Å². The highest BCUT2D eigenvalue weighted by Gasteiger charge is 2.16. The number of hydrogen-bond acceptors (Lipinski definition) is 4. The molecule has 0 aliphatic rings. The molecule has 0 unspecified atom stereocenters. The summed E-state index contributed by atoms with van der Waals surface area (Å²) in [5, 5.41) is 4.56. The number of aromatic nitrogens is 4. The molecule has 2 aromatic heterocycles. The summed E-state index contributed by atoms with van der Waals surface area (Å²) in [5.74, 6) is -0.677. The minimum Gasteiger partial charge on any atom is -0.368 e. The van der Waals surface area contributed by atoms with Crippen LogP contribution in [0.3, 0.4) is 0 Å². The molecule has 0 aliphatic heterocycles. The van der Waals surface area contributed by atoms with Crippen LogP contribution in [-0.4, -0.2) is 19.7 Å². The van der Waals surface area contributed by atoms with Crippen LogP contribution in [0.5, 0.6) is 0 Å². The molecule has 0 atom stereocenters. The van der Waals surface area contributed by atoms with Gasteiger partial charge in [-0.15, -0.1) is 0 Å². The maximum absolute atomic E-state index is 13.5. The van der Waals surface area contributed by atoms with E-state index in [4.69, 9.17) is 5.73 Å². The fourth-order valence-corrected chi connectivity index (χ4v) is 1.53. The summed E-state index contributed by atoms with van der Waals surface area (Å²) in [6.45, 7) is 5.62. The molecule has 2 heterocycles. The van der Waals surface area contributed by atoms with Gasteiger partial charge in [-0.05, 0) is 20.8 Å². The van der Waals surface area contributed by atoms with Crippen molar-refractivity contribution in [2.24, 2.45) is 0 Å². The van der Waals surface area contributed by atoms with E-state index in [1.807, 2.05) is 13.8 Å². The molecule has 15 heavy (non-hydrogen) atoms. The first kappa shape index (κ1) is 9.82. The predicted octanol–water partition coefficient (Wildman–Crippen LogP) is 1.44. The maximum atomic E-state index is 13.5. The van der Waals surface area contributed by atoms with E-state index in [9.17, 15) is 4.39 Å². The van der Waals surface area contributed by atoms with E-state index < -0.39 is 5.95 Å². The number of fused-ring (bicyclic) bond motifs is 1. The molecule has 0 amide bonds. The molecule has 0 aromatic carbocycles. The highest BCUT2D eigenvalue weighted by Crippen LogP contribution is 2.21. The van der Waals surface area contributed by atoms with Crippen molar-refractivity contribution in [1.82, 2.24) is 19.7 Å². The summed E-state index contributed by atoms with van der Waals surface area (Å²) < 4.78 is 15.1. The van der Waals surface area contributed by atoms with Crippen LogP contribution < -0.4 is 5.73 Å². The van der Waals surface area contributed by atoms with Gasteiger partial charge in [-0.2, -0.15) is 19.5 Å². The highest BCUT2D eigenvalue weighted by atomic mass is 19.1. The molecule has 2 rings (SSSR count). The number of nitrogen functional groups attached to an aromatic ring is 1. The standard InChI is InChI=1S/C9H12FN5/c1-4(2)15-8-6(5(3)14-15)7(10)12-9(11)13-8/h4H,1-3H3,(H2,11,12,13). The second kappa shape index (κ2) is 3.15. The summed E-state index contributed by atoms with van der Waals surface area (Å²) in [6, 6.07) is 0.106. The smallest absolute Gasteiger partial charge is 0.229 e. The second-order valence-corrected chi connectivity index (χ2v) is 3.69. The highest BCUT2D eigenvalue weighted by molar-refractivity contribution is 5.78. The fourth-order valence-electron chi connectivity index (χ4n) is 1.53. The third kappa shape index (κ3) is 1.42. The van der Waals surface area contributed by atoms with Crippen LogP contribution in [0, 0.1) is 12.9 Å². The van der Waals surface area contributed by atoms with Gasteiger partial charge in [0.25, 0.3) is 0 Å². The van der Waals surface area contributed by atoms with Crippen LogP contribution in [0.25, 0.3) is 11.0 Å². The minimum atomic E-state index is -0.609. The van der Waals surface area contributed by atoms with Crippen LogP contribution >= 0.6 is 0 Å². The van der Waals surface area contributed by atoms with Crippen LogP contribution in [0.1, 0.15) is 25.6 Å². The lowest BCUT2D eigenvalue weighted by Gasteiger charge is -2.05. The van der Waals surface area contributed by atoms with Crippen molar-refractivity contribution in [3.63, 3.8) is 0 Å². The molecule has 0 fully saturated rings. The van der Waals surface area contributed by atoms with Crippen LogP contribution in [0.15, 0.2) is 0 Å². The Kier molecular flexibility index (Phi) is 2.06. The number of nitrogens with zero attached hydrogens (tertiary/aromatic N) is 4. The van der Waals surface area contributed by atoms with Gasteiger partial charge in [-0.1, -0.05) is 0 Å². The quantitative estimate of drug-likeness (QED) is 0.721. The Morgan fingerprint density at radius 2 is 2.00 bits per heavy atom. The summed E-state index contributed by atoms with van der Waals surface area (Å²) in [4.78, 5) is 7.49. The molecular formula is C9H12FN5. The van der Waals surface area contributed by atoms with Crippen LogP contribution in [0.2, 0.25) is 0 Å². The maximum Gasteiger partial charge on any atom is 0.229 e. The SMILES string of the molecule is Cc1nn(C(C)C)c2nc(N)nc(F)c12. The number of anilines is 1. The van der Waals surface area contributed by atoms with Gasteiger partial charge in [0, 0.05) is 6.04 Å². The van der Waals surface area contributed by atoms with Crippen molar-refractivity contribution < 1.29 is 4.39 Å². The van der Waals surface area contributed by atoms with E-state index in [0.29, 0.717) is 16.7 Å². The number of aryl methyl sites for hydroxylation is 1. The number of halogens is 1. The number of hydrogen-bond donors (Lipinski definition) is 1. The van der Waals surface area contributed by atoms with E-state index in [1.54, 1.807) is 11.6 Å². The Bertz CT molecular complexity index is 517. The topological polar surface area (TPSA) is 69.6 Å². The molecule has 0 saturated heterocycles. The monoisotopic (exact) mass is 209 g/mol. The van der Waals surface area contributed by atoms with E-state index in [0.717, 1.165) is 0 Å². The molecule has 2 aromatic rings. The number of rotatable bonds is 1. The first-order chi connectivity index (χ1) is 7.00. The van der Waals surface area contributed by atoms with Gasteiger partial charge in [-0.25, -0.2) is 4.68 Å². The average Bonchev–Trinajstić information content (AvgIpc) is 2.42. The van der Waals surface area contributed by atoms with Gasteiger partial charge in [-0.3, -0.25) is 0 Å². The van der Waals surface area contributed by atoms with Crippen molar-refractivity contribution in [2.45, 2.75) is 26.8 Å². The van der Waals surface area contributed by atoms with Gasteiger partial charge in [0.1, 0.15) is 0 Å². The largest absolute Gasteiger partial charge is 0.368 e. The Morgan fingerprint density at radius 3 is 2.60 bits per heavy atom. The van der Waals surface area contributed by atoms with Crippen molar-refractivity contribution in [1.29, 1.82) is 0 Å². The van der Waals surface area contributed by atoms with Crippen molar-refractivity contribution in [3.05, 3.63) is 11.6 Å². The van der Waals surface area contributed by atoms with E-state index in [1.165, 1.54) is 0 Å². The Hall–Kier alpha value is -1.72.